The first-order chi connectivity index (χ1) is 29.9. The van der Waals surface area contributed by atoms with Crippen LogP contribution in [0.3, 0.4) is 0 Å². The van der Waals surface area contributed by atoms with Crippen LogP contribution in [-0.2, 0) is 21.2 Å². The summed E-state index contributed by atoms with van der Waals surface area (Å²) in [6.45, 7) is 0. The lowest BCUT2D eigenvalue weighted by molar-refractivity contribution is -0.137. The molecule has 1 aliphatic rings. The summed E-state index contributed by atoms with van der Waals surface area (Å²) in [5, 5.41) is 39.5. The summed E-state index contributed by atoms with van der Waals surface area (Å²) in [5.74, 6) is -3.29. The number of hydrogen-bond acceptors (Lipinski definition) is 14. The number of nitrogens with one attached hydrogen (secondary N) is 1. The van der Waals surface area contributed by atoms with Crippen LogP contribution in [0.15, 0.2) is 132 Å². The third-order valence-corrected chi connectivity index (χ3v) is 10.5. The number of sulfonamides is 1. The second kappa shape index (κ2) is 21.1. The number of amides is 1. The van der Waals surface area contributed by atoms with Crippen LogP contribution in [0.4, 0.5) is 34.1 Å². The van der Waals surface area contributed by atoms with Crippen LogP contribution in [0.1, 0.15) is 36.8 Å². The Balaban J connectivity index is 0.000000215. The molecule has 2 heterocycles. The Hall–Kier alpha value is -8.52. The summed E-state index contributed by atoms with van der Waals surface area (Å²) in [4.78, 5) is 46.8. The van der Waals surface area contributed by atoms with Crippen molar-refractivity contribution in [2.24, 2.45) is 5.73 Å². The minimum atomic E-state index is -4.41. The highest BCUT2D eigenvalue weighted by Gasteiger charge is 2.32. The van der Waals surface area contributed by atoms with E-state index in [-0.39, 0.29) is 50.2 Å². The number of phenols is 1. The zero-order valence-corrected chi connectivity index (χ0v) is 34.4. The fourth-order valence-electron chi connectivity index (χ4n) is 5.67. The van der Waals surface area contributed by atoms with E-state index in [9.17, 15) is 37.8 Å². The predicted octanol–water partition coefficient (Wildman–Crippen LogP) is 5.05. The predicted molar refractivity (Wildman–Crippen MR) is 235 cm³/mol. The molecule has 1 amide bonds. The van der Waals surface area contributed by atoms with Gasteiger partial charge >= 0.3 is 17.9 Å². The minimum absolute atomic E-state index is 0.00491. The monoisotopic (exact) mass is 881 g/mol. The standard InChI is InChI=1S/C20H19N3O6S.C9H9NO2.C7H6N2O3.C7H9NO/c1-29-12-6-8-15(21)18(10-12)23(17-5-3-2-4-14(17)20(25)26)30(27,28)13-7-9-19(24)16(22)11-13;11-9(12)8-5-6-3-1-2-4-7(6)10-8;8-6(10)5-4(7(11)12)2-1-3-9-5;1-9-7-4-2-6(8)3-5-7/h2-11,24H,21-22H2,1H3,(H,25,26);1-4,8,10H,5H2,(H,11,12);1-3H,(H2,8,10)(H,11,12);2-5H,8H2,1H3. The molecule has 20 heteroatoms. The van der Waals surface area contributed by atoms with Gasteiger partial charge in [0.15, 0.2) is 0 Å². The molecule has 0 aliphatic carbocycles. The highest BCUT2D eigenvalue weighted by Crippen LogP contribution is 2.40. The second-order valence-corrected chi connectivity index (χ2v) is 14.8. The smallest absolute Gasteiger partial charge is 0.338 e. The summed E-state index contributed by atoms with van der Waals surface area (Å²) in [7, 11) is -1.37. The average Bonchev–Trinajstić information content (AvgIpc) is 3.72. The molecule has 0 saturated heterocycles. The molecule has 1 aromatic heterocycles. The van der Waals surface area contributed by atoms with Crippen molar-refractivity contribution in [3.8, 4) is 17.2 Å². The number of benzene rings is 5. The molecule has 328 valence electrons. The van der Waals surface area contributed by atoms with Gasteiger partial charge in [0.1, 0.15) is 29.0 Å². The summed E-state index contributed by atoms with van der Waals surface area (Å²) < 4.78 is 38.2. The van der Waals surface area contributed by atoms with E-state index in [4.69, 9.17) is 42.6 Å². The average molecular weight is 882 g/mol. The molecule has 0 fully saturated rings. The molecule has 7 rings (SSSR count). The number of anilines is 6. The number of primary amides is 1. The van der Waals surface area contributed by atoms with Gasteiger partial charge in [-0.2, -0.15) is 0 Å². The van der Waals surface area contributed by atoms with Gasteiger partial charge in [0.05, 0.1) is 53.0 Å². The van der Waals surface area contributed by atoms with Crippen LogP contribution in [0, 0.1) is 0 Å². The Labute approximate surface area is 360 Å². The van der Waals surface area contributed by atoms with Gasteiger partial charge < -0.3 is 58.2 Å². The van der Waals surface area contributed by atoms with Crippen LogP contribution in [0.2, 0.25) is 0 Å². The zero-order chi connectivity index (χ0) is 46.4. The number of para-hydroxylation sites is 2. The van der Waals surface area contributed by atoms with Crippen molar-refractivity contribution < 1.29 is 57.5 Å². The first-order valence-electron chi connectivity index (χ1n) is 18.2. The Bertz CT molecular complexity index is 2660. The van der Waals surface area contributed by atoms with Crippen molar-refractivity contribution in [3.05, 3.63) is 150 Å². The Morgan fingerprint density at radius 1 is 0.714 bits per heavy atom. The Morgan fingerprint density at radius 2 is 1.32 bits per heavy atom. The topological polar surface area (TPSA) is 334 Å². The largest absolute Gasteiger partial charge is 0.506 e. The van der Waals surface area contributed by atoms with Crippen molar-refractivity contribution in [3.63, 3.8) is 0 Å². The molecule has 1 unspecified atom stereocenters. The lowest BCUT2D eigenvalue weighted by Crippen LogP contribution is -2.28. The summed E-state index contributed by atoms with van der Waals surface area (Å²) in [5.41, 5.74) is 24.0. The molecule has 19 nitrogen and oxygen atoms in total. The van der Waals surface area contributed by atoms with E-state index in [1.54, 1.807) is 25.3 Å². The number of ether oxygens (including phenoxy) is 2. The number of aromatic nitrogens is 1. The van der Waals surface area contributed by atoms with Crippen LogP contribution in [-0.4, -0.2) is 77.9 Å². The van der Waals surface area contributed by atoms with E-state index in [0.29, 0.717) is 12.2 Å². The Morgan fingerprint density at radius 3 is 1.89 bits per heavy atom. The number of nitrogens with zero attached hydrogens (tertiary/aromatic N) is 2. The van der Waals surface area contributed by atoms with Crippen LogP contribution < -0.4 is 42.0 Å². The normalized spacial score (nSPS) is 12.1. The number of rotatable bonds is 10. The van der Waals surface area contributed by atoms with Crippen molar-refractivity contribution in [1.29, 1.82) is 0 Å². The first-order valence-corrected chi connectivity index (χ1v) is 19.7. The van der Waals surface area contributed by atoms with Crippen LogP contribution >= 0.6 is 0 Å². The highest BCUT2D eigenvalue weighted by atomic mass is 32.2. The van der Waals surface area contributed by atoms with Gasteiger partial charge in [0.2, 0.25) is 0 Å². The third kappa shape index (κ3) is 12.0. The fraction of sp³-hybridized carbons (Fsp3) is 0.0930. The molecule has 1 atom stereocenters. The quantitative estimate of drug-likeness (QED) is 0.0641. The number of carbonyl (C=O) groups excluding carboxylic acids is 1. The van der Waals surface area contributed by atoms with E-state index in [1.807, 2.05) is 36.4 Å². The van der Waals surface area contributed by atoms with Gasteiger partial charge in [0, 0.05) is 30.1 Å². The third-order valence-electron chi connectivity index (χ3n) is 8.80. The number of carbonyl (C=O) groups is 4. The van der Waals surface area contributed by atoms with Crippen LogP contribution in [0.25, 0.3) is 0 Å². The second-order valence-electron chi connectivity index (χ2n) is 13.0. The molecule has 6 aromatic rings. The summed E-state index contributed by atoms with van der Waals surface area (Å²) in [6, 6.07) is 30.6. The van der Waals surface area contributed by atoms with Gasteiger partial charge in [-0.1, -0.05) is 30.3 Å². The number of nitrogens with two attached hydrogens (primary N) is 4. The summed E-state index contributed by atoms with van der Waals surface area (Å²) >= 11 is 0. The maximum absolute atomic E-state index is 13.6. The van der Waals surface area contributed by atoms with E-state index >= 15 is 0 Å². The molecule has 63 heavy (non-hydrogen) atoms. The molecular formula is C43H43N7O12S. The summed E-state index contributed by atoms with van der Waals surface area (Å²) in [6.07, 6.45) is 1.90. The molecule has 1 aliphatic heterocycles. The molecular weight excluding hydrogens is 839 g/mol. The van der Waals surface area contributed by atoms with Crippen molar-refractivity contribution in [2.75, 3.05) is 41.0 Å². The number of carboxylic acids is 3. The van der Waals surface area contributed by atoms with E-state index in [2.05, 4.69) is 10.3 Å². The number of aromatic hydroxyl groups is 1. The Kier molecular flexibility index (Phi) is 15.8. The number of aliphatic carboxylic acids is 1. The number of carboxylic acid groups (broad SMARTS) is 3. The SMILES string of the molecule is COc1ccc(N)c(N(c2ccccc2C(=O)O)S(=O)(=O)c2ccc(O)c(N)c2)c1.COc1ccc(N)cc1.NC(=O)c1ncccc1C(=O)O.O=C(O)C1Cc2ccccc2N1. The van der Waals surface area contributed by atoms with Gasteiger partial charge in [-0.15, -0.1) is 0 Å². The number of hydrogen-bond donors (Lipinski definition) is 9. The number of methoxy groups -OCH3 is 2. The maximum atomic E-state index is 13.6. The molecule has 5 aromatic carbocycles. The molecule has 0 bridgehead atoms. The number of fused-ring (bicyclic) bond motifs is 1. The minimum Gasteiger partial charge on any atom is -0.506 e. The fourth-order valence-corrected chi connectivity index (χ4v) is 7.23. The van der Waals surface area contributed by atoms with Gasteiger partial charge in [-0.25, -0.2) is 27.1 Å². The molecule has 0 spiro atoms. The number of pyridine rings is 1. The van der Waals surface area contributed by atoms with Crippen LogP contribution in [0.5, 0.6) is 17.2 Å². The first kappa shape index (κ1) is 47.2. The van der Waals surface area contributed by atoms with Gasteiger partial charge in [0.25, 0.3) is 15.9 Å². The maximum Gasteiger partial charge on any atom is 0.338 e. The van der Waals surface area contributed by atoms with Crippen molar-refractivity contribution >= 4 is 68.0 Å². The number of nitrogen functional groups attached to an aromatic ring is 3. The van der Waals surface area contributed by atoms with Gasteiger partial charge in [-0.05, 0) is 90.5 Å². The van der Waals surface area contributed by atoms with Crippen molar-refractivity contribution in [2.45, 2.75) is 17.4 Å². The molecule has 13 N–H and O–H groups in total. The lowest BCUT2D eigenvalue weighted by Gasteiger charge is -2.27. The van der Waals surface area contributed by atoms with Crippen molar-refractivity contribution in [1.82, 2.24) is 4.98 Å². The molecule has 0 radical (unpaired) electrons. The van der Waals surface area contributed by atoms with E-state index < -0.39 is 39.9 Å². The number of aromatic carboxylic acids is 2. The lowest BCUT2D eigenvalue weighted by atomic mass is 10.1. The van der Waals surface area contributed by atoms with E-state index in [0.717, 1.165) is 45.2 Å². The van der Waals surface area contributed by atoms with Gasteiger partial charge in [-0.3, -0.25) is 9.78 Å². The van der Waals surface area contributed by atoms with E-state index in [1.165, 1.54) is 61.8 Å². The zero-order valence-electron chi connectivity index (χ0n) is 33.6. The number of phenolic OH excluding ortho intramolecular Hbond substituents is 1. The molecule has 0 saturated carbocycles. The highest BCUT2D eigenvalue weighted by molar-refractivity contribution is 7.93.